The second-order valence-corrected chi connectivity index (χ2v) is 12.7. The molecule has 3 aliphatic carbocycles. The second kappa shape index (κ2) is 11.6. The van der Waals surface area contributed by atoms with Gasteiger partial charge in [-0.15, -0.1) is 0 Å². The lowest BCUT2D eigenvalue weighted by molar-refractivity contribution is -0.392. The normalized spacial score (nSPS) is 23.5. The minimum atomic E-state index is -1.03. The number of anilines is 2. The molecule has 0 aromatic heterocycles. The van der Waals surface area contributed by atoms with Crippen molar-refractivity contribution in [3.63, 3.8) is 0 Å². The molecule has 1 N–H and O–H groups in total. The first kappa shape index (κ1) is 31.8. The van der Waals surface area contributed by atoms with Crippen molar-refractivity contribution < 1.29 is 38.9 Å². The third-order valence-electron chi connectivity index (χ3n) is 9.10. The number of phenols is 1. The molecule has 2 aromatic rings. The van der Waals surface area contributed by atoms with Gasteiger partial charge in [-0.25, -0.2) is 4.90 Å². The van der Waals surface area contributed by atoms with Gasteiger partial charge in [0, 0.05) is 49.4 Å². The molecule has 1 heterocycles. The number of benzene rings is 2. The van der Waals surface area contributed by atoms with Gasteiger partial charge >= 0.3 is 11.4 Å². The predicted octanol–water partition coefficient (Wildman–Crippen LogP) is 4.64. The van der Waals surface area contributed by atoms with E-state index < -0.39 is 68.3 Å². The number of allylic oxidation sites excluding steroid dienone is 6. The molecule has 0 unspecified atom stereocenters. The maximum absolute atomic E-state index is 14.3. The number of ether oxygens (including phenoxy) is 1. The first-order valence-electron chi connectivity index (χ1n) is 14.6. The minimum Gasteiger partial charge on any atom is -0.504 e. The minimum absolute atomic E-state index is 0.0323. The lowest BCUT2D eigenvalue weighted by Gasteiger charge is -2.42. The molecule has 0 spiro atoms. The Kier molecular flexibility index (Phi) is 7.82. The number of hydrogen-bond acceptors (Lipinski definition) is 11. The van der Waals surface area contributed by atoms with E-state index in [0.717, 1.165) is 17.0 Å². The zero-order valence-electron chi connectivity index (χ0n) is 25.3. The molecular weight excluding hydrogens is 680 g/mol. The van der Waals surface area contributed by atoms with Crippen LogP contribution in [0.3, 0.4) is 0 Å². The van der Waals surface area contributed by atoms with Crippen LogP contribution in [0.15, 0.2) is 63.7 Å². The lowest BCUT2D eigenvalue weighted by atomic mass is 9.59. The average molecular weight is 707 g/mol. The Morgan fingerprint density at radius 1 is 1.02 bits per heavy atom. The molecule has 2 amide bonds. The molecule has 0 bridgehead atoms. The Hall–Kier alpha value is -5.18. The van der Waals surface area contributed by atoms with Crippen molar-refractivity contribution in [1.82, 2.24) is 0 Å². The SMILES string of the molecule is CCOc1cc([C@H]2C3=CC[C@@H]4C(=O)N(c5cc([N+](=O)[O-])c(N(C)C)c([N+](=O)[O-])c5)C(=O)[C@@H]4[C@@H]3CC3=C2C(=O)C=C(Br)C3=O)ccc1O. The third kappa shape index (κ3) is 4.92. The van der Waals surface area contributed by atoms with E-state index in [1.54, 1.807) is 25.1 Å². The van der Waals surface area contributed by atoms with E-state index in [1.165, 1.54) is 31.1 Å². The zero-order chi connectivity index (χ0) is 34.1. The molecule has 2 aromatic carbocycles. The van der Waals surface area contributed by atoms with Crippen LogP contribution in [-0.4, -0.2) is 59.0 Å². The van der Waals surface area contributed by atoms with Crippen LogP contribution in [-0.2, 0) is 19.2 Å². The van der Waals surface area contributed by atoms with Gasteiger partial charge in [0.15, 0.2) is 28.8 Å². The number of nitrogens with zero attached hydrogens (tertiary/aromatic N) is 4. The van der Waals surface area contributed by atoms with Crippen molar-refractivity contribution in [3.8, 4) is 11.5 Å². The highest BCUT2D eigenvalue weighted by Crippen LogP contribution is 2.56. The number of Topliss-reactive ketones (excluding diaryl/α,β-unsaturated/α-hetero) is 1. The van der Waals surface area contributed by atoms with Crippen LogP contribution in [0.25, 0.3) is 0 Å². The summed E-state index contributed by atoms with van der Waals surface area (Å²) in [6.45, 7) is 1.99. The van der Waals surface area contributed by atoms with Gasteiger partial charge in [-0.1, -0.05) is 17.7 Å². The highest BCUT2D eigenvalue weighted by atomic mass is 79.9. The fourth-order valence-electron chi connectivity index (χ4n) is 7.28. The molecule has 1 fully saturated rings. The highest BCUT2D eigenvalue weighted by Gasteiger charge is 2.57. The van der Waals surface area contributed by atoms with Gasteiger partial charge in [0.25, 0.3) is 0 Å². The van der Waals surface area contributed by atoms with Crippen LogP contribution in [0, 0.1) is 38.0 Å². The van der Waals surface area contributed by atoms with Crippen LogP contribution >= 0.6 is 15.9 Å². The number of ketones is 2. The first-order chi connectivity index (χ1) is 22.3. The van der Waals surface area contributed by atoms with Gasteiger partial charge < -0.3 is 14.7 Å². The second-order valence-electron chi connectivity index (χ2n) is 11.8. The number of hydrogen-bond donors (Lipinski definition) is 1. The van der Waals surface area contributed by atoms with Crippen molar-refractivity contribution in [3.05, 3.63) is 89.5 Å². The van der Waals surface area contributed by atoms with Gasteiger partial charge in [-0.05, 0) is 59.3 Å². The third-order valence-corrected chi connectivity index (χ3v) is 9.69. The number of halogens is 1. The smallest absolute Gasteiger partial charge is 0.301 e. The zero-order valence-corrected chi connectivity index (χ0v) is 26.8. The fourth-order valence-corrected chi connectivity index (χ4v) is 7.72. The standard InChI is InChI=1S/C32H27BrN4O10/c1-4-47-25-9-14(5-8-23(25)38)26-16-6-7-17-27(18(16)12-19-28(26)24(39)13-20(33)30(19)40)32(42)35(31(17)41)15-10-21(36(43)44)29(34(2)3)22(11-15)37(45)46/h5-6,8-11,13,17-18,26-27,38H,4,7,12H2,1-3H3/t17-,18+,26-,27-/m0/s1. The lowest BCUT2D eigenvalue weighted by Crippen LogP contribution is -2.39. The Balaban J connectivity index is 1.49. The van der Waals surface area contributed by atoms with Crippen molar-refractivity contribution in [2.75, 3.05) is 30.5 Å². The molecule has 242 valence electrons. The number of aromatic hydroxyl groups is 1. The number of rotatable bonds is 7. The van der Waals surface area contributed by atoms with Crippen molar-refractivity contribution in [2.24, 2.45) is 17.8 Å². The molecule has 6 rings (SSSR count). The molecule has 4 atom stereocenters. The Morgan fingerprint density at radius 2 is 1.68 bits per heavy atom. The summed E-state index contributed by atoms with van der Waals surface area (Å²) in [6.07, 6.45) is 3.03. The number of nitro groups is 2. The topological polar surface area (TPSA) is 190 Å². The summed E-state index contributed by atoms with van der Waals surface area (Å²) in [5.74, 6) is -5.68. The number of carbonyl (C=O) groups is 4. The van der Waals surface area contributed by atoms with Crippen molar-refractivity contribution in [2.45, 2.75) is 25.7 Å². The predicted molar refractivity (Wildman–Crippen MR) is 170 cm³/mol. The summed E-state index contributed by atoms with van der Waals surface area (Å²) in [7, 11) is 2.81. The van der Waals surface area contributed by atoms with Gasteiger partial charge in [-0.3, -0.25) is 39.4 Å². The molecule has 15 heteroatoms. The molecule has 0 saturated carbocycles. The quantitative estimate of drug-likeness (QED) is 0.139. The number of fused-ring (bicyclic) bond motifs is 3. The summed E-state index contributed by atoms with van der Waals surface area (Å²) >= 11 is 3.18. The Bertz CT molecular complexity index is 1890. The summed E-state index contributed by atoms with van der Waals surface area (Å²) in [5, 5.41) is 34.4. The van der Waals surface area contributed by atoms with Crippen LogP contribution in [0.4, 0.5) is 22.7 Å². The van der Waals surface area contributed by atoms with Crippen molar-refractivity contribution >= 4 is 62.1 Å². The van der Waals surface area contributed by atoms with Crippen molar-refractivity contribution in [1.29, 1.82) is 0 Å². The molecular formula is C32H27BrN4O10. The molecule has 4 aliphatic rings. The summed E-state index contributed by atoms with van der Waals surface area (Å²) < 4.78 is 5.64. The summed E-state index contributed by atoms with van der Waals surface area (Å²) in [5.41, 5.74) is -0.328. The maximum atomic E-state index is 14.3. The Labute approximate surface area is 275 Å². The van der Waals surface area contributed by atoms with E-state index >= 15 is 0 Å². The highest BCUT2D eigenvalue weighted by molar-refractivity contribution is 9.12. The monoisotopic (exact) mass is 706 g/mol. The van der Waals surface area contributed by atoms with Gasteiger partial charge in [0.05, 0.1) is 38.5 Å². The molecule has 1 aliphatic heterocycles. The molecule has 1 saturated heterocycles. The number of imide groups is 1. The van der Waals surface area contributed by atoms with Gasteiger partial charge in [-0.2, -0.15) is 0 Å². The first-order valence-corrected chi connectivity index (χ1v) is 15.4. The van der Waals surface area contributed by atoms with E-state index in [2.05, 4.69) is 15.9 Å². The Morgan fingerprint density at radius 3 is 2.28 bits per heavy atom. The molecule has 14 nitrogen and oxygen atoms in total. The maximum Gasteiger partial charge on any atom is 0.301 e. The van der Waals surface area contributed by atoms with Crippen LogP contribution in [0.5, 0.6) is 11.5 Å². The van der Waals surface area contributed by atoms with E-state index in [4.69, 9.17) is 4.74 Å². The van der Waals surface area contributed by atoms with Crippen LogP contribution in [0.1, 0.15) is 31.2 Å². The van der Waals surface area contributed by atoms with E-state index in [9.17, 15) is 44.5 Å². The van der Waals surface area contributed by atoms with Gasteiger partial charge in [0.2, 0.25) is 11.8 Å². The van der Waals surface area contributed by atoms with E-state index in [-0.39, 0.29) is 58.0 Å². The van der Waals surface area contributed by atoms with Crippen LogP contribution < -0.4 is 14.5 Å². The number of nitro benzene ring substituents is 2. The fraction of sp³-hybridized carbons (Fsp3) is 0.312. The number of phenolic OH excluding ortho intramolecular Hbond substituents is 1. The largest absolute Gasteiger partial charge is 0.504 e. The number of amides is 2. The van der Waals surface area contributed by atoms with E-state index in [0.29, 0.717) is 11.1 Å². The average Bonchev–Trinajstić information content (AvgIpc) is 3.28. The summed E-state index contributed by atoms with van der Waals surface area (Å²) in [4.78, 5) is 79.5. The molecule has 47 heavy (non-hydrogen) atoms. The van der Waals surface area contributed by atoms with Crippen LogP contribution in [0.2, 0.25) is 0 Å². The number of carbonyl (C=O) groups excluding carboxylic acids is 4. The van der Waals surface area contributed by atoms with E-state index in [1.807, 2.05) is 0 Å². The van der Waals surface area contributed by atoms with Gasteiger partial charge in [0.1, 0.15) is 0 Å². The summed E-state index contributed by atoms with van der Waals surface area (Å²) in [6, 6.07) is 6.55. The molecule has 0 radical (unpaired) electrons.